The van der Waals surface area contributed by atoms with Crippen LogP contribution in [0.25, 0.3) is 11.0 Å². The monoisotopic (exact) mass is 530 g/mol. The summed E-state index contributed by atoms with van der Waals surface area (Å²) < 4.78 is 43.2. The molecule has 0 N–H and O–H groups in total. The van der Waals surface area contributed by atoms with E-state index in [0.29, 0.717) is 24.3 Å². The molecule has 1 aromatic heterocycles. The quantitative estimate of drug-likeness (QED) is 0.113. The van der Waals surface area contributed by atoms with E-state index in [2.05, 4.69) is 22.5 Å². The average Bonchev–Trinajstić information content (AvgIpc) is 3.23. The van der Waals surface area contributed by atoms with Gasteiger partial charge in [-0.3, -0.25) is 0 Å². The maximum Gasteiger partial charge on any atom is 0.408 e. The molecule has 2 aromatic carbocycles. The number of carbonyl (C=O) groups excluding carboxylic acids is 1. The molecule has 1 heterocycles. The molecule has 0 aliphatic heterocycles. The molecule has 0 fully saturated rings. The number of ether oxygens (including phenoxy) is 3. The van der Waals surface area contributed by atoms with Gasteiger partial charge >= 0.3 is 11.8 Å². The fourth-order valence-corrected chi connectivity index (χ4v) is 3.76. The van der Waals surface area contributed by atoms with Gasteiger partial charge in [0.05, 0.1) is 23.9 Å². The van der Waals surface area contributed by atoms with Crippen molar-refractivity contribution in [2.45, 2.75) is 45.7 Å². The minimum absolute atomic E-state index is 0.168. The third-order valence-electron chi connectivity index (χ3n) is 5.28. The predicted octanol–water partition coefficient (Wildman–Crippen LogP) is 7.28. The smallest absolute Gasteiger partial charge is 0.408 e. The highest BCUT2D eigenvalue weighted by atomic mass is 31.0. The number of fused-ring (bicyclic) bond motifs is 1. The van der Waals surface area contributed by atoms with E-state index in [1.165, 1.54) is 23.3 Å². The number of alkyl halides is 2. The fraction of sp³-hybridized carbons (Fsp3) is 0.286. The van der Waals surface area contributed by atoms with Crippen molar-refractivity contribution < 1.29 is 27.8 Å². The van der Waals surface area contributed by atoms with Crippen molar-refractivity contribution >= 4 is 26.2 Å². The predicted molar refractivity (Wildman–Crippen MR) is 146 cm³/mol. The summed E-state index contributed by atoms with van der Waals surface area (Å²) in [4.78, 5) is 16.8. The van der Waals surface area contributed by atoms with Gasteiger partial charge in [-0.2, -0.15) is 8.78 Å². The van der Waals surface area contributed by atoms with Gasteiger partial charge in [-0.05, 0) is 66.3 Å². The fourth-order valence-electron chi connectivity index (χ4n) is 3.57. The molecular weight excluding hydrogens is 497 g/mol. The van der Waals surface area contributed by atoms with Crippen molar-refractivity contribution in [1.82, 2.24) is 9.55 Å². The summed E-state index contributed by atoms with van der Waals surface area (Å²) >= 11 is 0. The van der Waals surface area contributed by atoms with E-state index in [1.54, 1.807) is 30.3 Å². The van der Waals surface area contributed by atoms with Crippen LogP contribution < -0.4 is 4.74 Å². The SMILES string of the molecule is C=C.COC(=O)c1ccccc1OCc1nc2ccccc2n1CC/C(C)=C/C/C=C(\C)OC(F)(F)P. The van der Waals surface area contributed by atoms with Crippen molar-refractivity contribution in [3.8, 4) is 5.75 Å². The van der Waals surface area contributed by atoms with Gasteiger partial charge in [-0.1, -0.05) is 35.9 Å². The molecule has 0 radical (unpaired) electrons. The van der Waals surface area contributed by atoms with Gasteiger partial charge in [0, 0.05) is 6.54 Å². The van der Waals surface area contributed by atoms with Crippen molar-refractivity contribution in [3.05, 3.63) is 96.6 Å². The molecule has 9 heteroatoms. The molecule has 0 spiro atoms. The summed E-state index contributed by atoms with van der Waals surface area (Å²) in [7, 11) is 2.69. The number of methoxy groups -OCH3 is 1. The van der Waals surface area contributed by atoms with Crippen LogP contribution >= 0.6 is 9.24 Å². The summed E-state index contributed by atoms with van der Waals surface area (Å²) in [6, 6.07) is 14.7. The normalized spacial score (nSPS) is 12.1. The Labute approximate surface area is 218 Å². The first-order valence-corrected chi connectivity index (χ1v) is 12.2. The molecule has 1 unspecified atom stereocenters. The van der Waals surface area contributed by atoms with Crippen LogP contribution in [0.2, 0.25) is 0 Å². The summed E-state index contributed by atoms with van der Waals surface area (Å²) in [5, 5.41) is 0. The maximum absolute atomic E-state index is 12.9. The lowest BCUT2D eigenvalue weighted by Crippen LogP contribution is -2.10. The zero-order valence-corrected chi connectivity index (χ0v) is 22.5. The standard InChI is InChI=1S/C26H29F2N2O4P.C2H4/c1-18(9-8-10-19(2)34-26(27,28)35)15-16-30-22-13-6-5-12-21(22)29-24(30)17-33-23-14-7-4-11-20(23)25(31)32-3;1-2/h4-7,9-14H,8,15-17,35H2,1-3H3;1-2H2/b18-9+,19-10+;. The number of imidazole rings is 1. The first kappa shape index (κ1) is 29.7. The Kier molecular flexibility index (Phi) is 11.5. The van der Waals surface area contributed by atoms with Crippen LogP contribution in [0.3, 0.4) is 0 Å². The molecule has 3 aromatic rings. The van der Waals surface area contributed by atoms with Gasteiger partial charge in [-0.15, -0.1) is 13.2 Å². The zero-order valence-electron chi connectivity index (χ0n) is 21.4. The number of hydrogen-bond acceptors (Lipinski definition) is 5. The lowest BCUT2D eigenvalue weighted by molar-refractivity contribution is -0.133. The Morgan fingerprint density at radius 2 is 1.78 bits per heavy atom. The van der Waals surface area contributed by atoms with Crippen molar-refractivity contribution in [3.63, 3.8) is 0 Å². The van der Waals surface area contributed by atoms with Crippen LogP contribution in [-0.2, 0) is 22.6 Å². The minimum Gasteiger partial charge on any atom is -0.485 e. The first-order chi connectivity index (χ1) is 17.7. The Bertz CT molecular complexity index is 1250. The number of esters is 1. The Morgan fingerprint density at radius 3 is 2.49 bits per heavy atom. The van der Waals surface area contributed by atoms with Crippen LogP contribution in [-0.4, -0.2) is 28.5 Å². The van der Waals surface area contributed by atoms with Crippen LogP contribution in [0.15, 0.2) is 85.2 Å². The molecule has 37 heavy (non-hydrogen) atoms. The molecule has 0 bridgehead atoms. The molecule has 0 amide bonds. The molecule has 6 nitrogen and oxygen atoms in total. The average molecular weight is 531 g/mol. The second-order valence-corrected chi connectivity index (χ2v) is 8.63. The summed E-state index contributed by atoms with van der Waals surface area (Å²) in [6.07, 6.45) is 4.82. The molecular formula is C28H33F2N2O4P. The minimum atomic E-state index is -3.27. The van der Waals surface area contributed by atoms with E-state index in [1.807, 2.05) is 37.3 Å². The highest BCUT2D eigenvalue weighted by Crippen LogP contribution is 2.27. The first-order valence-electron chi connectivity index (χ1n) is 11.6. The number of halogens is 2. The van der Waals surface area contributed by atoms with E-state index in [9.17, 15) is 13.6 Å². The van der Waals surface area contributed by atoms with Gasteiger partial charge in [0.15, 0.2) is 0 Å². The van der Waals surface area contributed by atoms with E-state index in [-0.39, 0.29) is 12.4 Å². The number of hydrogen-bond donors (Lipinski definition) is 0. The third kappa shape index (κ3) is 9.14. The van der Waals surface area contributed by atoms with Gasteiger partial charge in [0.2, 0.25) is 0 Å². The van der Waals surface area contributed by atoms with Crippen LogP contribution in [0.5, 0.6) is 5.75 Å². The summed E-state index contributed by atoms with van der Waals surface area (Å²) in [6.45, 7) is 10.3. The highest BCUT2D eigenvalue weighted by molar-refractivity contribution is 7.17. The number of aryl methyl sites for hydroxylation is 1. The van der Waals surface area contributed by atoms with Gasteiger partial charge in [0.25, 0.3) is 0 Å². The van der Waals surface area contributed by atoms with E-state index in [0.717, 1.165) is 28.9 Å². The van der Waals surface area contributed by atoms with E-state index < -0.39 is 11.8 Å². The molecule has 0 saturated heterocycles. The highest BCUT2D eigenvalue weighted by Gasteiger charge is 2.22. The lowest BCUT2D eigenvalue weighted by atomic mass is 10.1. The van der Waals surface area contributed by atoms with Crippen LogP contribution in [0, 0.1) is 0 Å². The molecule has 0 aliphatic carbocycles. The van der Waals surface area contributed by atoms with Gasteiger partial charge in [0.1, 0.15) is 23.7 Å². The Hall–Kier alpha value is -3.51. The van der Waals surface area contributed by atoms with Gasteiger partial charge < -0.3 is 18.8 Å². The lowest BCUT2D eigenvalue weighted by Gasteiger charge is -2.13. The second-order valence-electron chi connectivity index (χ2n) is 7.96. The Balaban J connectivity index is 0.00000235. The molecule has 0 saturated carbocycles. The number of nitrogens with zero attached hydrogens (tertiary/aromatic N) is 2. The van der Waals surface area contributed by atoms with E-state index >= 15 is 0 Å². The number of carbonyl (C=O) groups is 1. The van der Waals surface area contributed by atoms with Gasteiger partial charge in [-0.25, -0.2) is 9.78 Å². The van der Waals surface area contributed by atoms with Crippen LogP contribution in [0.4, 0.5) is 8.78 Å². The van der Waals surface area contributed by atoms with E-state index in [4.69, 9.17) is 14.5 Å². The number of para-hydroxylation sites is 3. The second kappa shape index (κ2) is 14.3. The molecule has 198 valence electrons. The number of rotatable bonds is 11. The third-order valence-corrected chi connectivity index (χ3v) is 5.40. The molecule has 0 aliphatic rings. The summed E-state index contributed by atoms with van der Waals surface area (Å²) in [5.74, 6) is -2.41. The topological polar surface area (TPSA) is 62.6 Å². The number of aromatic nitrogens is 2. The van der Waals surface area contributed by atoms with Crippen molar-refractivity contribution in [1.29, 1.82) is 0 Å². The number of benzene rings is 2. The zero-order chi connectivity index (χ0) is 27.4. The molecule has 3 rings (SSSR count). The largest absolute Gasteiger partial charge is 0.485 e. The maximum atomic E-state index is 12.9. The van der Waals surface area contributed by atoms with Crippen LogP contribution in [0.1, 0.15) is 42.9 Å². The Morgan fingerprint density at radius 1 is 1.11 bits per heavy atom. The summed E-state index contributed by atoms with van der Waals surface area (Å²) in [5.41, 5.74) is 3.28. The number of allylic oxidation sites excluding steroid dienone is 4. The van der Waals surface area contributed by atoms with Crippen molar-refractivity contribution in [2.24, 2.45) is 0 Å². The van der Waals surface area contributed by atoms with Crippen molar-refractivity contribution in [2.75, 3.05) is 7.11 Å². The molecule has 1 atom stereocenters.